The molecule has 0 radical (unpaired) electrons. The van der Waals surface area contributed by atoms with E-state index in [1.165, 1.54) is 0 Å². The maximum Gasteiger partial charge on any atom is 0.271 e. The molecule has 0 unspecified atom stereocenters. The first kappa shape index (κ1) is 13.9. The van der Waals surface area contributed by atoms with E-state index in [0.29, 0.717) is 31.6 Å². The van der Waals surface area contributed by atoms with Crippen LogP contribution in [0.3, 0.4) is 0 Å². The molecule has 1 aromatic heterocycles. The first-order valence-electron chi connectivity index (χ1n) is 5.71. The second kappa shape index (κ2) is 7.21. The van der Waals surface area contributed by atoms with Gasteiger partial charge in [-0.05, 0) is 25.0 Å². The number of carbonyl (C=O) groups is 2. The molecule has 4 N–H and O–H groups in total. The van der Waals surface area contributed by atoms with Crippen LogP contribution in [0.15, 0.2) is 12.1 Å². The average molecular weight is 251 g/mol. The predicted molar refractivity (Wildman–Crippen MR) is 67.0 cm³/mol. The second-order valence-electron chi connectivity index (χ2n) is 3.73. The predicted octanol–water partition coefficient (Wildman–Crippen LogP) is -0.0963. The number of aromatic nitrogens is 2. The van der Waals surface area contributed by atoms with Gasteiger partial charge in [0.05, 0.1) is 0 Å². The fourth-order valence-electron chi connectivity index (χ4n) is 1.30. The van der Waals surface area contributed by atoms with Crippen molar-refractivity contribution in [1.29, 1.82) is 0 Å². The lowest BCUT2D eigenvalue weighted by molar-refractivity contribution is -0.118. The van der Waals surface area contributed by atoms with Gasteiger partial charge in [-0.1, -0.05) is 0 Å². The maximum absolute atomic E-state index is 11.6. The molecule has 0 aliphatic rings. The summed E-state index contributed by atoms with van der Waals surface area (Å²) in [6.45, 7) is 0.488. The van der Waals surface area contributed by atoms with Crippen molar-refractivity contribution in [2.75, 3.05) is 18.9 Å². The molecule has 1 rings (SSSR count). The molecule has 0 aromatic carbocycles. The maximum atomic E-state index is 11.6. The Balaban J connectivity index is 2.29. The molecule has 18 heavy (non-hydrogen) atoms. The van der Waals surface area contributed by atoms with E-state index < -0.39 is 0 Å². The highest BCUT2D eigenvalue weighted by Gasteiger charge is 2.06. The third kappa shape index (κ3) is 4.77. The summed E-state index contributed by atoms with van der Waals surface area (Å²) >= 11 is 0. The fraction of sp³-hybridized carbons (Fsp3) is 0.455. The molecule has 0 atom stereocenters. The smallest absolute Gasteiger partial charge is 0.271 e. The van der Waals surface area contributed by atoms with E-state index in [9.17, 15) is 9.59 Å². The van der Waals surface area contributed by atoms with Crippen LogP contribution in [-0.2, 0) is 4.79 Å². The average Bonchev–Trinajstić information content (AvgIpc) is 2.38. The summed E-state index contributed by atoms with van der Waals surface area (Å²) in [5.74, 6) is 0.00656. The van der Waals surface area contributed by atoms with Crippen molar-refractivity contribution >= 4 is 17.6 Å². The van der Waals surface area contributed by atoms with Crippen molar-refractivity contribution in [2.24, 2.45) is 5.73 Å². The summed E-state index contributed by atoms with van der Waals surface area (Å²) in [5, 5.41) is 13.1. The molecular formula is C11H17N5O2. The Labute approximate surface area is 105 Å². The highest BCUT2D eigenvalue weighted by Crippen LogP contribution is 2.00. The number of nitrogens with two attached hydrogens (primary N) is 1. The molecule has 0 aliphatic heterocycles. The topological polar surface area (TPSA) is 110 Å². The molecule has 0 bridgehead atoms. The monoisotopic (exact) mass is 251 g/mol. The van der Waals surface area contributed by atoms with Crippen LogP contribution in [-0.4, -0.2) is 35.6 Å². The number of rotatable bonds is 7. The summed E-state index contributed by atoms with van der Waals surface area (Å²) in [6, 6.07) is 3.27. The number of anilines is 1. The van der Waals surface area contributed by atoms with Crippen LogP contribution in [0.25, 0.3) is 0 Å². The zero-order chi connectivity index (χ0) is 13.4. The Hall–Kier alpha value is -2.18. The Morgan fingerprint density at radius 1 is 1.28 bits per heavy atom. The number of unbranched alkanes of at least 4 members (excludes halogenated alkanes) is 1. The molecule has 1 heterocycles. The highest BCUT2D eigenvalue weighted by atomic mass is 16.2. The molecule has 7 heteroatoms. The molecule has 0 aliphatic carbocycles. The van der Waals surface area contributed by atoms with Crippen molar-refractivity contribution in [2.45, 2.75) is 19.3 Å². The summed E-state index contributed by atoms with van der Waals surface area (Å²) in [6.07, 6.45) is 1.71. The van der Waals surface area contributed by atoms with E-state index in [1.54, 1.807) is 19.2 Å². The van der Waals surface area contributed by atoms with Gasteiger partial charge in [-0.15, -0.1) is 10.2 Å². The molecule has 2 amide bonds. The summed E-state index contributed by atoms with van der Waals surface area (Å²) in [5.41, 5.74) is 5.27. The minimum atomic E-state index is -0.324. The standard InChI is InChI=1S/C11H17N5O2/c1-13-10-6-5-8(15-16-10)11(18)14-7-3-2-4-9(12)17/h5-6H,2-4,7H2,1H3,(H2,12,17)(H,13,16)(H,14,18). The highest BCUT2D eigenvalue weighted by molar-refractivity contribution is 5.92. The van der Waals surface area contributed by atoms with Crippen molar-refractivity contribution in [1.82, 2.24) is 15.5 Å². The number of amides is 2. The van der Waals surface area contributed by atoms with Crippen molar-refractivity contribution < 1.29 is 9.59 Å². The molecule has 98 valence electrons. The third-order valence-electron chi connectivity index (χ3n) is 2.29. The first-order chi connectivity index (χ1) is 8.63. The Morgan fingerprint density at radius 2 is 2.06 bits per heavy atom. The minimum Gasteiger partial charge on any atom is -0.372 e. The number of nitrogens with zero attached hydrogens (tertiary/aromatic N) is 2. The van der Waals surface area contributed by atoms with Crippen LogP contribution in [0, 0.1) is 0 Å². The normalized spacial score (nSPS) is 9.83. The molecule has 7 nitrogen and oxygen atoms in total. The number of hydrogen-bond donors (Lipinski definition) is 3. The van der Waals surface area contributed by atoms with Crippen LogP contribution < -0.4 is 16.4 Å². The zero-order valence-corrected chi connectivity index (χ0v) is 10.3. The third-order valence-corrected chi connectivity index (χ3v) is 2.29. The summed E-state index contributed by atoms with van der Waals surface area (Å²) in [7, 11) is 1.72. The first-order valence-corrected chi connectivity index (χ1v) is 5.71. The fourth-order valence-corrected chi connectivity index (χ4v) is 1.30. The SMILES string of the molecule is CNc1ccc(C(=O)NCCCCC(N)=O)nn1. The van der Waals surface area contributed by atoms with E-state index in [0.717, 1.165) is 0 Å². The van der Waals surface area contributed by atoms with Gasteiger partial charge in [0, 0.05) is 20.0 Å². The van der Waals surface area contributed by atoms with E-state index >= 15 is 0 Å². The van der Waals surface area contributed by atoms with Crippen molar-refractivity contribution in [3.05, 3.63) is 17.8 Å². The number of hydrogen-bond acceptors (Lipinski definition) is 5. The largest absolute Gasteiger partial charge is 0.372 e. The lowest BCUT2D eigenvalue weighted by Gasteiger charge is -2.04. The van der Waals surface area contributed by atoms with Crippen LogP contribution in [0.1, 0.15) is 29.8 Å². The number of nitrogens with one attached hydrogen (secondary N) is 2. The van der Waals surface area contributed by atoms with Gasteiger partial charge in [0.2, 0.25) is 5.91 Å². The van der Waals surface area contributed by atoms with Gasteiger partial charge in [0.1, 0.15) is 5.82 Å². The summed E-state index contributed by atoms with van der Waals surface area (Å²) in [4.78, 5) is 22.1. The van der Waals surface area contributed by atoms with Gasteiger partial charge < -0.3 is 16.4 Å². The second-order valence-corrected chi connectivity index (χ2v) is 3.73. The van der Waals surface area contributed by atoms with Crippen LogP contribution in [0.2, 0.25) is 0 Å². The Bertz CT molecular complexity index is 404. The van der Waals surface area contributed by atoms with E-state index in [-0.39, 0.29) is 17.5 Å². The molecule has 1 aromatic rings. The van der Waals surface area contributed by atoms with Crippen molar-refractivity contribution in [3.63, 3.8) is 0 Å². The van der Waals surface area contributed by atoms with Crippen LogP contribution in [0.4, 0.5) is 5.82 Å². The van der Waals surface area contributed by atoms with E-state index in [2.05, 4.69) is 20.8 Å². The van der Waals surface area contributed by atoms with E-state index in [4.69, 9.17) is 5.73 Å². The van der Waals surface area contributed by atoms with Crippen LogP contribution >= 0.6 is 0 Å². The Morgan fingerprint density at radius 3 is 2.61 bits per heavy atom. The molecule has 0 saturated heterocycles. The quantitative estimate of drug-likeness (QED) is 0.586. The summed E-state index contributed by atoms with van der Waals surface area (Å²) < 4.78 is 0. The van der Waals surface area contributed by atoms with Gasteiger partial charge in [0.15, 0.2) is 5.69 Å². The lowest BCUT2D eigenvalue weighted by Crippen LogP contribution is -2.26. The lowest BCUT2D eigenvalue weighted by atomic mass is 10.2. The van der Waals surface area contributed by atoms with Gasteiger partial charge in [0.25, 0.3) is 5.91 Å². The van der Waals surface area contributed by atoms with Crippen molar-refractivity contribution in [3.8, 4) is 0 Å². The molecule has 0 saturated carbocycles. The van der Waals surface area contributed by atoms with Gasteiger partial charge in [-0.3, -0.25) is 9.59 Å². The minimum absolute atomic E-state index is 0.268. The zero-order valence-electron chi connectivity index (χ0n) is 10.3. The molecular weight excluding hydrogens is 234 g/mol. The number of primary amides is 1. The van der Waals surface area contributed by atoms with E-state index in [1.807, 2.05) is 0 Å². The van der Waals surface area contributed by atoms with Gasteiger partial charge >= 0.3 is 0 Å². The molecule has 0 fully saturated rings. The van der Waals surface area contributed by atoms with Gasteiger partial charge in [-0.2, -0.15) is 0 Å². The molecule has 0 spiro atoms. The Kier molecular flexibility index (Phi) is 5.56. The van der Waals surface area contributed by atoms with Crippen LogP contribution in [0.5, 0.6) is 0 Å². The number of carbonyl (C=O) groups excluding carboxylic acids is 2. The van der Waals surface area contributed by atoms with Gasteiger partial charge in [-0.25, -0.2) is 0 Å².